The van der Waals surface area contributed by atoms with Crippen LogP contribution in [0, 0.1) is 20.8 Å². The molecule has 0 saturated heterocycles. The summed E-state index contributed by atoms with van der Waals surface area (Å²) in [5, 5.41) is 2.66. The Hall–Kier alpha value is -1.70. The van der Waals surface area contributed by atoms with Gasteiger partial charge in [0.2, 0.25) is 15.9 Å². The Bertz CT molecular complexity index is 856. The van der Waals surface area contributed by atoms with Crippen molar-refractivity contribution in [3.63, 3.8) is 0 Å². The molecule has 128 valence electrons. The summed E-state index contributed by atoms with van der Waals surface area (Å²) < 4.78 is 28.1. The van der Waals surface area contributed by atoms with Crippen molar-refractivity contribution in [2.24, 2.45) is 0 Å². The van der Waals surface area contributed by atoms with E-state index in [-0.39, 0.29) is 11.4 Å². The van der Waals surface area contributed by atoms with Crippen molar-refractivity contribution < 1.29 is 13.2 Å². The van der Waals surface area contributed by atoms with Crippen LogP contribution >= 0.6 is 15.9 Å². The molecule has 0 unspecified atom stereocenters. The lowest BCUT2D eigenvalue weighted by Crippen LogP contribution is -2.33. The number of amides is 1. The number of anilines is 1. The fraction of sp³-hybridized carbons (Fsp3) is 0.235. The molecule has 0 aliphatic carbocycles. The van der Waals surface area contributed by atoms with Crippen LogP contribution in [0.4, 0.5) is 5.69 Å². The molecule has 0 bridgehead atoms. The van der Waals surface area contributed by atoms with Crippen molar-refractivity contribution in [1.29, 1.82) is 0 Å². The summed E-state index contributed by atoms with van der Waals surface area (Å²) in [5.74, 6) is -0.437. The number of nitrogens with one attached hydrogen (secondary N) is 2. The minimum absolute atomic E-state index is 0.224. The van der Waals surface area contributed by atoms with Crippen molar-refractivity contribution in [3.8, 4) is 0 Å². The minimum Gasteiger partial charge on any atom is -0.324 e. The molecule has 2 aromatic carbocycles. The Morgan fingerprint density at radius 3 is 2.25 bits per heavy atom. The van der Waals surface area contributed by atoms with Crippen molar-refractivity contribution >= 4 is 37.5 Å². The molecule has 5 nitrogen and oxygen atoms in total. The van der Waals surface area contributed by atoms with Crippen molar-refractivity contribution in [2.45, 2.75) is 25.7 Å². The average molecular weight is 411 g/mol. The van der Waals surface area contributed by atoms with E-state index in [9.17, 15) is 13.2 Å². The summed E-state index contributed by atoms with van der Waals surface area (Å²) in [6, 6.07) is 10.7. The normalized spacial score (nSPS) is 11.3. The molecule has 24 heavy (non-hydrogen) atoms. The molecule has 2 rings (SSSR count). The van der Waals surface area contributed by atoms with Gasteiger partial charge in [-0.1, -0.05) is 29.8 Å². The molecule has 0 radical (unpaired) electrons. The van der Waals surface area contributed by atoms with Gasteiger partial charge >= 0.3 is 0 Å². The Labute approximate surface area is 150 Å². The van der Waals surface area contributed by atoms with E-state index >= 15 is 0 Å². The van der Waals surface area contributed by atoms with Crippen LogP contribution in [0.2, 0.25) is 0 Å². The highest BCUT2D eigenvalue weighted by atomic mass is 79.9. The van der Waals surface area contributed by atoms with Crippen molar-refractivity contribution in [2.75, 3.05) is 11.9 Å². The van der Waals surface area contributed by atoms with Crippen LogP contribution in [0.3, 0.4) is 0 Å². The van der Waals surface area contributed by atoms with Crippen LogP contribution in [0.1, 0.15) is 16.7 Å². The molecule has 0 aliphatic heterocycles. The smallest absolute Gasteiger partial charge is 0.241 e. The van der Waals surface area contributed by atoms with Crippen LogP contribution < -0.4 is 10.0 Å². The highest BCUT2D eigenvalue weighted by molar-refractivity contribution is 9.10. The van der Waals surface area contributed by atoms with Gasteiger partial charge in [-0.2, -0.15) is 0 Å². The van der Waals surface area contributed by atoms with Crippen molar-refractivity contribution in [3.05, 3.63) is 57.6 Å². The first-order chi connectivity index (χ1) is 11.2. The van der Waals surface area contributed by atoms with Crippen LogP contribution in [0.15, 0.2) is 45.8 Å². The topological polar surface area (TPSA) is 75.3 Å². The second kappa shape index (κ2) is 7.46. The number of hydrogen-bond donors (Lipinski definition) is 2. The summed E-state index contributed by atoms with van der Waals surface area (Å²) in [7, 11) is -3.76. The van der Waals surface area contributed by atoms with Gasteiger partial charge in [0.15, 0.2) is 0 Å². The SMILES string of the molecule is Cc1cc(C)c(S(=O)(=O)NCC(=O)Nc2ccccc2Br)c(C)c1. The number of para-hydroxylation sites is 1. The van der Waals surface area contributed by atoms with E-state index in [0.29, 0.717) is 16.8 Å². The maximum Gasteiger partial charge on any atom is 0.241 e. The maximum absolute atomic E-state index is 12.5. The van der Waals surface area contributed by atoms with Gasteiger partial charge in [0, 0.05) is 4.47 Å². The van der Waals surface area contributed by atoms with Crippen LogP contribution in [0.25, 0.3) is 0 Å². The minimum atomic E-state index is -3.76. The van der Waals surface area contributed by atoms with E-state index in [4.69, 9.17) is 0 Å². The molecule has 0 heterocycles. The number of sulfonamides is 1. The summed E-state index contributed by atoms with van der Waals surface area (Å²) in [5.41, 5.74) is 2.90. The first-order valence-electron chi connectivity index (χ1n) is 7.32. The van der Waals surface area contributed by atoms with E-state index < -0.39 is 15.9 Å². The number of hydrogen-bond acceptors (Lipinski definition) is 3. The molecule has 7 heteroatoms. The fourth-order valence-corrected chi connectivity index (χ4v) is 4.40. The summed E-state index contributed by atoms with van der Waals surface area (Å²) in [6.07, 6.45) is 0. The first kappa shape index (κ1) is 18.6. The number of benzene rings is 2. The van der Waals surface area contributed by atoms with Crippen LogP contribution in [-0.2, 0) is 14.8 Å². The van der Waals surface area contributed by atoms with Gasteiger partial charge in [0.1, 0.15) is 0 Å². The van der Waals surface area contributed by atoms with E-state index in [0.717, 1.165) is 10.0 Å². The van der Waals surface area contributed by atoms with E-state index in [1.54, 1.807) is 32.0 Å². The molecule has 0 aliphatic rings. The molecule has 2 N–H and O–H groups in total. The highest BCUT2D eigenvalue weighted by Gasteiger charge is 2.20. The Kier molecular flexibility index (Phi) is 5.79. The summed E-state index contributed by atoms with van der Waals surface area (Å²) in [4.78, 5) is 12.2. The third-order valence-electron chi connectivity index (χ3n) is 3.44. The molecule has 0 saturated carbocycles. The number of carbonyl (C=O) groups is 1. The zero-order chi connectivity index (χ0) is 17.9. The molecule has 0 spiro atoms. The fourth-order valence-electron chi connectivity index (χ4n) is 2.58. The Balaban J connectivity index is 2.11. The lowest BCUT2D eigenvalue weighted by atomic mass is 10.1. The van der Waals surface area contributed by atoms with E-state index in [1.165, 1.54) is 0 Å². The molecule has 1 amide bonds. The number of aryl methyl sites for hydroxylation is 3. The Morgan fingerprint density at radius 1 is 1.08 bits per heavy atom. The van der Waals surface area contributed by atoms with Gasteiger partial charge in [0.25, 0.3) is 0 Å². The zero-order valence-electron chi connectivity index (χ0n) is 13.7. The van der Waals surface area contributed by atoms with Gasteiger partial charge < -0.3 is 5.32 Å². The molecule has 0 aromatic heterocycles. The molecular weight excluding hydrogens is 392 g/mol. The van der Waals surface area contributed by atoms with Gasteiger partial charge in [-0.15, -0.1) is 0 Å². The number of carbonyl (C=O) groups excluding carboxylic acids is 1. The largest absolute Gasteiger partial charge is 0.324 e. The second-order valence-corrected chi connectivity index (χ2v) is 8.14. The number of rotatable bonds is 5. The predicted octanol–water partition coefficient (Wildman–Crippen LogP) is 3.29. The van der Waals surface area contributed by atoms with Gasteiger partial charge in [-0.3, -0.25) is 4.79 Å². The summed E-state index contributed by atoms with van der Waals surface area (Å²) >= 11 is 3.32. The van der Waals surface area contributed by atoms with Crippen LogP contribution in [-0.4, -0.2) is 20.9 Å². The second-order valence-electron chi connectivity index (χ2n) is 5.58. The molecule has 2 aromatic rings. The van der Waals surface area contributed by atoms with Gasteiger partial charge in [-0.05, 0) is 60.0 Å². The predicted molar refractivity (Wildman–Crippen MR) is 98.6 cm³/mol. The van der Waals surface area contributed by atoms with E-state index in [1.807, 2.05) is 25.1 Å². The lowest BCUT2D eigenvalue weighted by Gasteiger charge is -2.13. The van der Waals surface area contributed by atoms with Crippen molar-refractivity contribution in [1.82, 2.24) is 4.72 Å². The van der Waals surface area contributed by atoms with Crippen LogP contribution in [0.5, 0.6) is 0 Å². The molecule has 0 fully saturated rings. The van der Waals surface area contributed by atoms with Gasteiger partial charge in [-0.25, -0.2) is 13.1 Å². The number of halogens is 1. The highest BCUT2D eigenvalue weighted by Crippen LogP contribution is 2.22. The quantitative estimate of drug-likeness (QED) is 0.793. The summed E-state index contributed by atoms with van der Waals surface area (Å²) in [6.45, 7) is 5.07. The standard InChI is InChI=1S/C17H19BrN2O3S/c1-11-8-12(2)17(13(3)9-11)24(22,23)19-10-16(21)20-15-7-5-4-6-14(15)18/h4-9,19H,10H2,1-3H3,(H,20,21). The molecule has 0 atom stereocenters. The third-order valence-corrected chi connectivity index (χ3v) is 5.84. The van der Waals surface area contributed by atoms with E-state index in [2.05, 4.69) is 26.0 Å². The zero-order valence-corrected chi connectivity index (χ0v) is 16.1. The van der Waals surface area contributed by atoms with Gasteiger partial charge in [0.05, 0.1) is 17.1 Å². The average Bonchev–Trinajstić information content (AvgIpc) is 2.46. The monoisotopic (exact) mass is 410 g/mol. The first-order valence-corrected chi connectivity index (χ1v) is 9.60. The molecular formula is C17H19BrN2O3S. The third kappa shape index (κ3) is 4.43. The maximum atomic E-state index is 12.5. The lowest BCUT2D eigenvalue weighted by molar-refractivity contribution is -0.115. The Morgan fingerprint density at radius 2 is 1.67 bits per heavy atom.